The summed E-state index contributed by atoms with van der Waals surface area (Å²) in [5.41, 5.74) is 7.64. The Morgan fingerprint density at radius 2 is 1.54 bits per heavy atom. The molecule has 0 aromatic rings. The molecule has 0 spiro atoms. The van der Waals surface area contributed by atoms with Gasteiger partial charge in [-0.25, -0.2) is 0 Å². The first-order valence-corrected chi connectivity index (χ1v) is 13.0. The van der Waals surface area contributed by atoms with E-state index >= 15 is 0 Å². The Balaban J connectivity index is 1.46. The Kier molecular flexibility index (Phi) is 5.98. The zero-order valence-electron chi connectivity index (χ0n) is 19.7. The topological polar surface area (TPSA) is 26.0 Å². The maximum Gasteiger partial charge on any atom is 0.00418 e. The monoisotopic (exact) mass is 387 g/mol. The Labute approximate surface area is 176 Å². The van der Waals surface area contributed by atoms with Crippen LogP contribution >= 0.6 is 0 Å². The summed E-state index contributed by atoms with van der Waals surface area (Å²) in [5, 5.41) is 0. The number of hydrogen-bond acceptors (Lipinski definition) is 1. The molecule has 0 amide bonds. The third-order valence-electron chi connectivity index (χ3n) is 10.9. The van der Waals surface area contributed by atoms with Crippen LogP contribution in [0.15, 0.2) is 0 Å². The molecule has 4 aliphatic rings. The summed E-state index contributed by atoms with van der Waals surface area (Å²) in [6.07, 6.45) is 17.5. The molecule has 1 heteroatoms. The van der Waals surface area contributed by atoms with E-state index in [0.29, 0.717) is 16.9 Å². The van der Waals surface area contributed by atoms with Gasteiger partial charge in [-0.15, -0.1) is 0 Å². The Morgan fingerprint density at radius 1 is 0.821 bits per heavy atom. The fourth-order valence-electron chi connectivity index (χ4n) is 9.32. The van der Waals surface area contributed by atoms with E-state index in [2.05, 4.69) is 34.6 Å². The van der Waals surface area contributed by atoms with Gasteiger partial charge in [0.15, 0.2) is 0 Å². The van der Waals surface area contributed by atoms with Gasteiger partial charge in [0, 0.05) is 6.04 Å². The lowest BCUT2D eigenvalue weighted by atomic mass is 9.44. The summed E-state index contributed by atoms with van der Waals surface area (Å²) in [6, 6.07) is 0.492. The molecule has 1 nitrogen and oxygen atoms in total. The third-order valence-corrected chi connectivity index (χ3v) is 10.9. The first kappa shape index (κ1) is 21.2. The van der Waals surface area contributed by atoms with Crippen LogP contribution in [-0.2, 0) is 0 Å². The second kappa shape index (κ2) is 7.90. The second-order valence-electron chi connectivity index (χ2n) is 12.7. The lowest BCUT2D eigenvalue weighted by Gasteiger charge is -2.61. The van der Waals surface area contributed by atoms with Gasteiger partial charge in [-0.05, 0) is 110 Å². The van der Waals surface area contributed by atoms with Gasteiger partial charge in [0.25, 0.3) is 0 Å². The van der Waals surface area contributed by atoms with E-state index in [1.54, 1.807) is 0 Å². The van der Waals surface area contributed by atoms with Crippen molar-refractivity contribution in [3.05, 3.63) is 0 Å². The van der Waals surface area contributed by atoms with Gasteiger partial charge in [-0.1, -0.05) is 53.9 Å². The molecular formula is C27H49N. The van der Waals surface area contributed by atoms with Gasteiger partial charge in [-0.3, -0.25) is 0 Å². The van der Waals surface area contributed by atoms with Crippen LogP contribution in [0.4, 0.5) is 0 Å². The highest BCUT2D eigenvalue weighted by Crippen LogP contribution is 2.68. The summed E-state index contributed by atoms with van der Waals surface area (Å²) < 4.78 is 0. The van der Waals surface area contributed by atoms with Crippen molar-refractivity contribution in [2.24, 2.45) is 58.0 Å². The summed E-state index contributed by atoms with van der Waals surface area (Å²) >= 11 is 0. The van der Waals surface area contributed by atoms with Crippen LogP contribution in [0.2, 0.25) is 0 Å². The predicted octanol–water partition coefficient (Wildman–Crippen LogP) is 7.44. The summed E-state index contributed by atoms with van der Waals surface area (Å²) in [4.78, 5) is 0. The minimum absolute atomic E-state index is 0.492. The zero-order valence-corrected chi connectivity index (χ0v) is 19.7. The van der Waals surface area contributed by atoms with Crippen molar-refractivity contribution >= 4 is 0 Å². The van der Waals surface area contributed by atoms with Crippen molar-refractivity contribution in [3.63, 3.8) is 0 Å². The van der Waals surface area contributed by atoms with Crippen LogP contribution < -0.4 is 5.73 Å². The van der Waals surface area contributed by atoms with Crippen LogP contribution in [0.25, 0.3) is 0 Å². The quantitative estimate of drug-likeness (QED) is 0.521. The standard InChI is InChI=1S/C27H49N/c1-18(2)7-6-8-19(3)23-11-12-24-22-10-9-20-17-21(28)13-15-26(20,4)25(22)14-16-27(23,24)5/h18-25H,6-17,28H2,1-5H3/t19?,20?,21-,22?,23?,24?,25?,26+,27-/m1/s1. The highest BCUT2D eigenvalue weighted by Gasteiger charge is 2.60. The van der Waals surface area contributed by atoms with E-state index in [1.165, 1.54) is 77.0 Å². The maximum absolute atomic E-state index is 6.39. The molecule has 0 aliphatic heterocycles. The summed E-state index contributed by atoms with van der Waals surface area (Å²) in [7, 11) is 0. The zero-order chi connectivity index (χ0) is 20.1. The van der Waals surface area contributed by atoms with E-state index in [4.69, 9.17) is 5.73 Å². The van der Waals surface area contributed by atoms with Crippen molar-refractivity contribution in [2.75, 3.05) is 0 Å². The Hall–Kier alpha value is -0.0400. The smallest absolute Gasteiger partial charge is 0.00418 e. The number of fused-ring (bicyclic) bond motifs is 5. The largest absolute Gasteiger partial charge is 0.328 e. The molecule has 0 aromatic heterocycles. The van der Waals surface area contributed by atoms with Gasteiger partial charge in [0.1, 0.15) is 0 Å². The van der Waals surface area contributed by atoms with Crippen LogP contribution in [0.3, 0.4) is 0 Å². The molecule has 0 radical (unpaired) electrons. The van der Waals surface area contributed by atoms with Crippen molar-refractivity contribution in [2.45, 2.75) is 118 Å². The third kappa shape index (κ3) is 3.50. The van der Waals surface area contributed by atoms with Crippen LogP contribution in [0.5, 0.6) is 0 Å². The molecule has 4 fully saturated rings. The number of rotatable bonds is 5. The van der Waals surface area contributed by atoms with E-state index in [0.717, 1.165) is 41.4 Å². The molecule has 162 valence electrons. The van der Waals surface area contributed by atoms with E-state index in [-0.39, 0.29) is 0 Å². The molecule has 2 N–H and O–H groups in total. The summed E-state index contributed by atoms with van der Waals surface area (Å²) in [6.45, 7) is 12.8. The van der Waals surface area contributed by atoms with E-state index in [9.17, 15) is 0 Å². The lowest BCUT2D eigenvalue weighted by Crippen LogP contribution is -2.54. The molecule has 0 saturated heterocycles. The maximum atomic E-state index is 6.39. The molecule has 28 heavy (non-hydrogen) atoms. The normalized spacial score (nSPS) is 49.4. The molecule has 4 rings (SSSR count). The van der Waals surface area contributed by atoms with Crippen molar-refractivity contribution in [1.29, 1.82) is 0 Å². The van der Waals surface area contributed by atoms with Gasteiger partial charge in [0.2, 0.25) is 0 Å². The molecule has 4 saturated carbocycles. The van der Waals surface area contributed by atoms with E-state index < -0.39 is 0 Å². The molecule has 0 aromatic carbocycles. The fourth-order valence-corrected chi connectivity index (χ4v) is 9.32. The molecule has 0 bridgehead atoms. The number of hydrogen-bond donors (Lipinski definition) is 1. The highest BCUT2D eigenvalue weighted by atomic mass is 14.7. The predicted molar refractivity (Wildman–Crippen MR) is 121 cm³/mol. The molecule has 0 heterocycles. The van der Waals surface area contributed by atoms with Gasteiger partial charge >= 0.3 is 0 Å². The minimum Gasteiger partial charge on any atom is -0.328 e. The second-order valence-corrected chi connectivity index (χ2v) is 12.7. The Bertz CT molecular complexity index is 540. The first-order valence-electron chi connectivity index (χ1n) is 13.0. The SMILES string of the molecule is CC(C)CCCC(C)C1CCC2C3CCC4C[C@H](N)CC[C@]4(C)C3CC[C@]12C. The minimum atomic E-state index is 0.492. The van der Waals surface area contributed by atoms with Crippen molar-refractivity contribution < 1.29 is 0 Å². The number of nitrogens with two attached hydrogens (primary N) is 1. The van der Waals surface area contributed by atoms with E-state index in [1.807, 2.05) is 0 Å². The van der Waals surface area contributed by atoms with Crippen LogP contribution in [-0.4, -0.2) is 6.04 Å². The molecule has 4 aliphatic carbocycles. The fraction of sp³-hybridized carbons (Fsp3) is 1.00. The van der Waals surface area contributed by atoms with Crippen molar-refractivity contribution in [1.82, 2.24) is 0 Å². The van der Waals surface area contributed by atoms with Crippen molar-refractivity contribution in [3.8, 4) is 0 Å². The molecule has 9 atom stereocenters. The first-order chi connectivity index (χ1) is 13.3. The Morgan fingerprint density at radius 3 is 2.29 bits per heavy atom. The van der Waals surface area contributed by atoms with Crippen LogP contribution in [0.1, 0.15) is 112 Å². The molecule has 6 unspecified atom stereocenters. The van der Waals surface area contributed by atoms with Gasteiger partial charge < -0.3 is 5.73 Å². The van der Waals surface area contributed by atoms with Gasteiger partial charge in [0.05, 0.1) is 0 Å². The summed E-state index contributed by atoms with van der Waals surface area (Å²) in [5.74, 6) is 6.79. The average molecular weight is 388 g/mol. The lowest BCUT2D eigenvalue weighted by molar-refractivity contribution is -0.116. The average Bonchev–Trinajstić information content (AvgIpc) is 2.99. The molecular weight excluding hydrogens is 338 g/mol. The highest BCUT2D eigenvalue weighted by molar-refractivity contribution is 5.09. The van der Waals surface area contributed by atoms with Crippen LogP contribution in [0, 0.1) is 52.3 Å². The van der Waals surface area contributed by atoms with Gasteiger partial charge in [-0.2, -0.15) is 0 Å².